The first-order chi connectivity index (χ1) is 4.72. The van der Waals surface area contributed by atoms with E-state index in [4.69, 9.17) is 5.11 Å². The monoisotopic (exact) mass is 144 g/mol. The van der Waals surface area contributed by atoms with Gasteiger partial charge in [0, 0.05) is 12.3 Å². The predicted octanol–water partition coefficient (Wildman–Crippen LogP) is 1.37. The largest absolute Gasteiger partial charge is 0.396 e. The Morgan fingerprint density at radius 2 is 2.20 bits per heavy atom. The number of carbonyl (C=O) groups excluding carboxylic acids is 1. The van der Waals surface area contributed by atoms with Crippen LogP contribution in [0.15, 0.2) is 0 Å². The van der Waals surface area contributed by atoms with Crippen molar-refractivity contribution in [2.75, 3.05) is 6.61 Å². The first-order valence-corrected chi connectivity index (χ1v) is 3.86. The van der Waals surface area contributed by atoms with Gasteiger partial charge in [-0.2, -0.15) is 0 Å². The topological polar surface area (TPSA) is 37.3 Å². The first-order valence-electron chi connectivity index (χ1n) is 3.86. The maximum absolute atomic E-state index is 11.0. The molecule has 0 bridgehead atoms. The van der Waals surface area contributed by atoms with Gasteiger partial charge in [-0.25, -0.2) is 0 Å². The van der Waals surface area contributed by atoms with Crippen molar-refractivity contribution in [3.05, 3.63) is 0 Å². The number of carbonyl (C=O) groups is 1. The molecule has 0 heterocycles. The second-order valence-electron chi connectivity index (χ2n) is 2.65. The van der Waals surface area contributed by atoms with Crippen LogP contribution in [0.25, 0.3) is 0 Å². The average molecular weight is 144 g/mol. The molecule has 0 radical (unpaired) electrons. The highest BCUT2D eigenvalue weighted by molar-refractivity contribution is 5.80. The minimum atomic E-state index is -0.161. The van der Waals surface area contributed by atoms with Gasteiger partial charge in [-0.05, 0) is 6.42 Å². The maximum Gasteiger partial charge on any atom is 0.137 e. The lowest BCUT2D eigenvalue weighted by Gasteiger charge is -2.04. The van der Waals surface area contributed by atoms with Gasteiger partial charge in [0.2, 0.25) is 0 Å². The van der Waals surface area contributed by atoms with E-state index >= 15 is 0 Å². The lowest BCUT2D eigenvalue weighted by Crippen LogP contribution is -2.14. The number of rotatable bonds is 5. The zero-order valence-corrected chi connectivity index (χ0v) is 6.76. The van der Waals surface area contributed by atoms with Gasteiger partial charge in [-0.15, -0.1) is 0 Å². The van der Waals surface area contributed by atoms with Gasteiger partial charge in [-0.1, -0.05) is 20.3 Å². The van der Waals surface area contributed by atoms with Gasteiger partial charge in [0.1, 0.15) is 5.78 Å². The van der Waals surface area contributed by atoms with Crippen LogP contribution in [-0.4, -0.2) is 17.5 Å². The van der Waals surface area contributed by atoms with Crippen LogP contribution in [0.3, 0.4) is 0 Å². The van der Waals surface area contributed by atoms with Gasteiger partial charge >= 0.3 is 0 Å². The Labute approximate surface area is 62.2 Å². The van der Waals surface area contributed by atoms with Gasteiger partial charge < -0.3 is 5.11 Å². The van der Waals surface area contributed by atoms with Crippen molar-refractivity contribution >= 4 is 5.78 Å². The Balaban J connectivity index is 3.42. The van der Waals surface area contributed by atoms with Crippen molar-refractivity contribution in [2.24, 2.45) is 5.92 Å². The van der Waals surface area contributed by atoms with E-state index in [9.17, 15) is 4.79 Å². The minimum absolute atomic E-state index is 0.0114. The van der Waals surface area contributed by atoms with Crippen LogP contribution >= 0.6 is 0 Å². The second-order valence-corrected chi connectivity index (χ2v) is 2.65. The molecule has 0 spiro atoms. The Morgan fingerprint density at radius 3 is 2.60 bits per heavy atom. The van der Waals surface area contributed by atoms with Crippen LogP contribution < -0.4 is 0 Å². The third-order valence-electron chi connectivity index (χ3n) is 1.60. The molecule has 2 heteroatoms. The van der Waals surface area contributed by atoms with E-state index in [1.807, 2.05) is 0 Å². The summed E-state index contributed by atoms with van der Waals surface area (Å²) in [5.41, 5.74) is 0. The van der Waals surface area contributed by atoms with Gasteiger partial charge in [0.05, 0.1) is 6.61 Å². The molecule has 0 rings (SSSR count). The van der Waals surface area contributed by atoms with Crippen LogP contribution in [0.2, 0.25) is 0 Å². The zero-order valence-electron chi connectivity index (χ0n) is 6.76. The molecule has 0 saturated carbocycles. The Bertz CT molecular complexity index is 99.4. The SMILES string of the molecule is CCCCC(=O)[C@H](C)CO. The van der Waals surface area contributed by atoms with E-state index < -0.39 is 0 Å². The standard InChI is InChI=1S/C8H16O2/c1-3-4-5-8(10)7(2)6-9/h7,9H,3-6H2,1-2H3/t7-/m1/s1. The van der Waals surface area contributed by atoms with Crippen molar-refractivity contribution in [1.29, 1.82) is 0 Å². The van der Waals surface area contributed by atoms with Crippen molar-refractivity contribution in [2.45, 2.75) is 33.1 Å². The molecule has 1 atom stereocenters. The molecule has 0 aliphatic carbocycles. The summed E-state index contributed by atoms with van der Waals surface area (Å²) >= 11 is 0. The molecule has 0 aliphatic heterocycles. The van der Waals surface area contributed by atoms with Crippen LogP contribution in [0, 0.1) is 5.92 Å². The summed E-state index contributed by atoms with van der Waals surface area (Å²) in [7, 11) is 0. The molecule has 0 fully saturated rings. The van der Waals surface area contributed by atoms with Gasteiger partial charge in [0.15, 0.2) is 0 Å². The molecular weight excluding hydrogens is 128 g/mol. The number of aliphatic hydroxyl groups excluding tert-OH is 1. The number of Topliss-reactive ketones (excluding diaryl/α,β-unsaturated/α-hetero) is 1. The second kappa shape index (κ2) is 5.42. The van der Waals surface area contributed by atoms with E-state index in [0.29, 0.717) is 6.42 Å². The first kappa shape index (κ1) is 9.63. The minimum Gasteiger partial charge on any atom is -0.396 e. The zero-order chi connectivity index (χ0) is 7.98. The van der Waals surface area contributed by atoms with E-state index in [0.717, 1.165) is 12.8 Å². The molecule has 60 valence electrons. The maximum atomic E-state index is 11.0. The molecule has 0 aliphatic rings. The summed E-state index contributed by atoms with van der Waals surface area (Å²) in [6, 6.07) is 0. The summed E-state index contributed by atoms with van der Waals surface area (Å²) in [6.45, 7) is 3.80. The summed E-state index contributed by atoms with van der Waals surface area (Å²) in [5.74, 6) is 0.0240. The highest BCUT2D eigenvalue weighted by Gasteiger charge is 2.09. The summed E-state index contributed by atoms with van der Waals surface area (Å²) in [6.07, 6.45) is 2.62. The van der Waals surface area contributed by atoms with E-state index in [-0.39, 0.29) is 18.3 Å². The number of unbranched alkanes of at least 4 members (excludes halogenated alkanes) is 1. The lowest BCUT2D eigenvalue weighted by atomic mass is 10.0. The molecular formula is C8H16O2. The third kappa shape index (κ3) is 3.62. The Hall–Kier alpha value is -0.370. The van der Waals surface area contributed by atoms with Crippen LogP contribution in [-0.2, 0) is 4.79 Å². The number of hydrogen-bond acceptors (Lipinski definition) is 2. The highest BCUT2D eigenvalue weighted by Crippen LogP contribution is 2.03. The molecule has 0 amide bonds. The fraction of sp³-hybridized carbons (Fsp3) is 0.875. The van der Waals surface area contributed by atoms with E-state index in [1.165, 1.54) is 0 Å². The molecule has 2 nitrogen and oxygen atoms in total. The highest BCUT2D eigenvalue weighted by atomic mass is 16.3. The Kier molecular flexibility index (Phi) is 5.22. The van der Waals surface area contributed by atoms with Crippen LogP contribution in [0.5, 0.6) is 0 Å². The molecule has 0 saturated heterocycles. The Morgan fingerprint density at radius 1 is 1.60 bits per heavy atom. The quantitative estimate of drug-likeness (QED) is 0.632. The van der Waals surface area contributed by atoms with Gasteiger partial charge in [-0.3, -0.25) is 4.79 Å². The molecule has 0 aromatic rings. The molecule has 10 heavy (non-hydrogen) atoms. The van der Waals surface area contributed by atoms with Crippen molar-refractivity contribution < 1.29 is 9.90 Å². The number of hydrogen-bond donors (Lipinski definition) is 1. The summed E-state index contributed by atoms with van der Waals surface area (Å²) in [4.78, 5) is 11.0. The van der Waals surface area contributed by atoms with Gasteiger partial charge in [0.25, 0.3) is 0 Å². The normalized spacial score (nSPS) is 13.1. The number of aliphatic hydroxyl groups is 1. The smallest absolute Gasteiger partial charge is 0.137 e. The number of ketones is 1. The van der Waals surface area contributed by atoms with E-state index in [2.05, 4.69) is 6.92 Å². The predicted molar refractivity (Wildman–Crippen MR) is 40.8 cm³/mol. The average Bonchev–Trinajstić information content (AvgIpc) is 1.98. The molecule has 0 aromatic carbocycles. The molecule has 0 aromatic heterocycles. The fourth-order valence-electron chi connectivity index (χ4n) is 0.699. The fourth-order valence-corrected chi connectivity index (χ4v) is 0.699. The van der Waals surface area contributed by atoms with Crippen LogP contribution in [0.4, 0.5) is 0 Å². The van der Waals surface area contributed by atoms with Crippen LogP contribution in [0.1, 0.15) is 33.1 Å². The molecule has 1 N–H and O–H groups in total. The third-order valence-corrected chi connectivity index (χ3v) is 1.60. The van der Waals surface area contributed by atoms with Crippen molar-refractivity contribution in [1.82, 2.24) is 0 Å². The van der Waals surface area contributed by atoms with Crippen molar-refractivity contribution in [3.8, 4) is 0 Å². The van der Waals surface area contributed by atoms with Crippen molar-refractivity contribution in [3.63, 3.8) is 0 Å². The molecule has 0 unspecified atom stereocenters. The summed E-state index contributed by atoms with van der Waals surface area (Å²) in [5, 5.41) is 8.58. The van der Waals surface area contributed by atoms with E-state index in [1.54, 1.807) is 6.92 Å². The summed E-state index contributed by atoms with van der Waals surface area (Å²) < 4.78 is 0. The lowest BCUT2D eigenvalue weighted by molar-refractivity contribution is -0.123.